The van der Waals surface area contributed by atoms with Crippen molar-refractivity contribution in [2.24, 2.45) is 0 Å². The van der Waals surface area contributed by atoms with Crippen LogP contribution >= 0.6 is 11.6 Å². The van der Waals surface area contributed by atoms with Crippen LogP contribution in [-0.2, 0) is 9.53 Å². The number of aliphatic hydroxyl groups is 1. The zero-order chi connectivity index (χ0) is 21.2. The van der Waals surface area contributed by atoms with Gasteiger partial charge in [-0.05, 0) is 56.4 Å². The summed E-state index contributed by atoms with van der Waals surface area (Å²) in [4.78, 5) is 27.6. The van der Waals surface area contributed by atoms with E-state index in [0.717, 1.165) is 25.7 Å². The number of halogens is 1. The highest BCUT2D eigenvalue weighted by molar-refractivity contribution is 6.30. The van der Waals surface area contributed by atoms with Gasteiger partial charge in [-0.2, -0.15) is 0 Å². The molecule has 0 saturated heterocycles. The van der Waals surface area contributed by atoms with Crippen molar-refractivity contribution in [1.82, 2.24) is 9.80 Å². The monoisotopic (exact) mass is 426 g/mol. The van der Waals surface area contributed by atoms with Gasteiger partial charge in [0.1, 0.15) is 5.75 Å². The Bertz CT molecular complexity index is 647. The molecule has 1 N–H and O–H groups in total. The molecule has 162 valence electrons. The second-order valence-electron chi connectivity index (χ2n) is 7.38. The highest BCUT2D eigenvalue weighted by Crippen LogP contribution is 2.25. The molecule has 1 aromatic carbocycles. The van der Waals surface area contributed by atoms with Gasteiger partial charge in [0.05, 0.1) is 19.1 Å². The molecule has 1 fully saturated rings. The van der Waals surface area contributed by atoms with Crippen molar-refractivity contribution < 1.29 is 24.2 Å². The van der Waals surface area contributed by atoms with Crippen molar-refractivity contribution in [2.45, 2.75) is 50.7 Å². The van der Waals surface area contributed by atoms with Gasteiger partial charge in [0.25, 0.3) is 0 Å². The molecule has 0 aliphatic heterocycles. The topological polar surface area (TPSA) is 79.3 Å². The van der Waals surface area contributed by atoms with Gasteiger partial charge in [0, 0.05) is 38.3 Å². The van der Waals surface area contributed by atoms with E-state index >= 15 is 0 Å². The Morgan fingerprint density at radius 1 is 1.14 bits per heavy atom. The number of hydrogen-bond acceptors (Lipinski definition) is 5. The highest BCUT2D eigenvalue weighted by Gasteiger charge is 2.28. The van der Waals surface area contributed by atoms with E-state index in [9.17, 15) is 9.59 Å². The third kappa shape index (κ3) is 7.84. The molecule has 0 bridgehead atoms. The van der Waals surface area contributed by atoms with Crippen molar-refractivity contribution in [1.29, 1.82) is 0 Å². The number of amides is 2. The molecule has 0 atom stereocenters. The van der Waals surface area contributed by atoms with Crippen LogP contribution in [0.4, 0.5) is 4.79 Å². The fraction of sp³-hybridized carbons (Fsp3) is 0.619. The van der Waals surface area contributed by atoms with E-state index in [4.69, 9.17) is 26.2 Å². The Kier molecular flexibility index (Phi) is 9.70. The fourth-order valence-electron chi connectivity index (χ4n) is 3.36. The van der Waals surface area contributed by atoms with Crippen molar-refractivity contribution in [3.05, 3.63) is 29.3 Å². The van der Waals surface area contributed by atoms with E-state index in [1.165, 1.54) is 0 Å². The number of nitrogens with zero attached hydrogens (tertiary/aromatic N) is 2. The van der Waals surface area contributed by atoms with Gasteiger partial charge in [-0.15, -0.1) is 0 Å². The molecule has 2 amide bonds. The summed E-state index contributed by atoms with van der Waals surface area (Å²) >= 11 is 5.84. The van der Waals surface area contributed by atoms with Crippen molar-refractivity contribution in [2.75, 3.05) is 33.9 Å². The predicted molar refractivity (Wildman–Crippen MR) is 111 cm³/mol. The summed E-state index contributed by atoms with van der Waals surface area (Å²) in [6, 6.07) is 6.81. The maximum Gasteiger partial charge on any atom is 0.415 e. The highest BCUT2D eigenvalue weighted by atomic mass is 35.5. The Balaban J connectivity index is 1.66. The minimum absolute atomic E-state index is 0.0248. The van der Waals surface area contributed by atoms with E-state index in [2.05, 4.69) is 0 Å². The lowest BCUT2D eigenvalue weighted by molar-refractivity contribution is -0.131. The molecular formula is C21H31ClN2O5. The van der Waals surface area contributed by atoms with Gasteiger partial charge in [-0.1, -0.05) is 11.6 Å². The first kappa shape index (κ1) is 23.4. The fourth-order valence-corrected chi connectivity index (χ4v) is 3.49. The van der Waals surface area contributed by atoms with Gasteiger partial charge in [0.2, 0.25) is 5.91 Å². The number of rotatable bonds is 9. The average Bonchev–Trinajstić information content (AvgIpc) is 2.73. The van der Waals surface area contributed by atoms with E-state index in [1.54, 1.807) is 48.2 Å². The molecule has 0 spiro atoms. The lowest BCUT2D eigenvalue weighted by Gasteiger charge is -2.34. The van der Waals surface area contributed by atoms with Crippen LogP contribution in [0.5, 0.6) is 5.75 Å². The largest absolute Gasteiger partial charge is 0.415 e. The first-order chi connectivity index (χ1) is 13.9. The molecule has 0 unspecified atom stereocenters. The third-order valence-electron chi connectivity index (χ3n) is 5.25. The van der Waals surface area contributed by atoms with Gasteiger partial charge in [-0.3, -0.25) is 4.79 Å². The van der Waals surface area contributed by atoms with Crippen LogP contribution in [0.15, 0.2) is 24.3 Å². The quantitative estimate of drug-likeness (QED) is 0.655. The maximum absolute atomic E-state index is 12.3. The minimum atomic E-state index is -0.381. The van der Waals surface area contributed by atoms with Crippen molar-refractivity contribution in [3.63, 3.8) is 0 Å². The molecular weight excluding hydrogens is 396 g/mol. The standard InChI is InChI=1S/C21H31ClN2O5/c1-23(13-3-14-25)20(26)12-15-28-18-10-6-17(7-11-18)24(2)21(27)29-19-8-4-16(22)5-9-19/h4-5,8-9,17-18,25H,3,6-7,10-15H2,1-2H3/t17-,18-. The van der Waals surface area contributed by atoms with E-state index < -0.39 is 0 Å². The summed E-state index contributed by atoms with van der Waals surface area (Å²) in [7, 11) is 3.49. The number of carbonyl (C=O) groups excluding carboxylic acids is 2. The first-order valence-corrected chi connectivity index (χ1v) is 10.4. The SMILES string of the molecule is CN(CCCO)C(=O)CCO[C@H]1CC[C@H](N(C)C(=O)Oc2ccc(Cl)cc2)CC1. The first-order valence-electron chi connectivity index (χ1n) is 10.1. The van der Waals surface area contributed by atoms with Gasteiger partial charge < -0.3 is 24.4 Å². The Morgan fingerprint density at radius 3 is 2.41 bits per heavy atom. The molecule has 8 heteroatoms. The summed E-state index contributed by atoms with van der Waals surface area (Å²) in [6.45, 7) is 1.03. The number of hydrogen-bond donors (Lipinski definition) is 1. The smallest absolute Gasteiger partial charge is 0.410 e. The van der Waals surface area contributed by atoms with E-state index in [1.807, 2.05) is 0 Å². The third-order valence-corrected chi connectivity index (χ3v) is 5.50. The molecule has 1 saturated carbocycles. The number of ether oxygens (including phenoxy) is 2. The molecule has 2 rings (SSSR count). The molecule has 0 aromatic heterocycles. The van der Waals surface area contributed by atoms with Crippen LogP contribution in [0.2, 0.25) is 5.02 Å². The zero-order valence-electron chi connectivity index (χ0n) is 17.2. The lowest BCUT2D eigenvalue weighted by Crippen LogP contribution is -2.42. The van der Waals surface area contributed by atoms with Crippen LogP contribution in [0.25, 0.3) is 0 Å². The van der Waals surface area contributed by atoms with Gasteiger partial charge in [-0.25, -0.2) is 4.79 Å². The number of carbonyl (C=O) groups is 2. The van der Waals surface area contributed by atoms with Crippen LogP contribution in [0.3, 0.4) is 0 Å². The molecule has 29 heavy (non-hydrogen) atoms. The Labute approximate surface area is 177 Å². The number of benzene rings is 1. The molecule has 1 aliphatic rings. The predicted octanol–water partition coefficient (Wildman–Crippen LogP) is 3.33. The number of aliphatic hydroxyl groups excluding tert-OH is 1. The zero-order valence-corrected chi connectivity index (χ0v) is 17.9. The van der Waals surface area contributed by atoms with Crippen LogP contribution in [0.1, 0.15) is 38.5 Å². The summed E-state index contributed by atoms with van der Waals surface area (Å²) in [5.74, 6) is 0.494. The molecule has 0 heterocycles. The van der Waals surface area contributed by atoms with Crippen molar-refractivity contribution >= 4 is 23.6 Å². The van der Waals surface area contributed by atoms with Crippen LogP contribution in [-0.4, -0.2) is 72.9 Å². The molecule has 0 radical (unpaired) electrons. The molecule has 1 aliphatic carbocycles. The average molecular weight is 427 g/mol. The van der Waals surface area contributed by atoms with Gasteiger partial charge in [0.15, 0.2) is 0 Å². The van der Waals surface area contributed by atoms with Crippen molar-refractivity contribution in [3.8, 4) is 5.75 Å². The summed E-state index contributed by atoms with van der Waals surface area (Å²) in [5.41, 5.74) is 0. The second kappa shape index (κ2) is 12.0. The van der Waals surface area contributed by atoms with E-state index in [0.29, 0.717) is 36.8 Å². The Hall–Kier alpha value is -1.83. The minimum Gasteiger partial charge on any atom is -0.410 e. The normalized spacial score (nSPS) is 18.9. The summed E-state index contributed by atoms with van der Waals surface area (Å²) in [5, 5.41) is 9.41. The van der Waals surface area contributed by atoms with Gasteiger partial charge >= 0.3 is 6.09 Å². The second-order valence-corrected chi connectivity index (χ2v) is 7.81. The lowest BCUT2D eigenvalue weighted by atomic mass is 9.92. The summed E-state index contributed by atoms with van der Waals surface area (Å²) < 4.78 is 11.3. The summed E-state index contributed by atoms with van der Waals surface area (Å²) in [6.07, 6.45) is 4.02. The van der Waals surface area contributed by atoms with Crippen LogP contribution < -0.4 is 4.74 Å². The molecule has 1 aromatic rings. The van der Waals surface area contributed by atoms with E-state index in [-0.39, 0.29) is 30.8 Å². The van der Waals surface area contributed by atoms with Crippen LogP contribution in [0, 0.1) is 0 Å². The molecule has 7 nitrogen and oxygen atoms in total. The Morgan fingerprint density at radius 2 is 1.79 bits per heavy atom. The maximum atomic E-state index is 12.3.